The number of nitro benzene ring substituents is 1. The minimum Gasteiger partial charge on any atom is -0.483 e. The number of ether oxygens (including phenoxy) is 2. The predicted molar refractivity (Wildman–Crippen MR) is 67.1 cm³/mol. The number of para-hydroxylation sites is 1. The zero-order chi connectivity index (χ0) is 13.3. The van der Waals surface area contributed by atoms with Crippen LogP contribution in [-0.4, -0.2) is 16.6 Å². The summed E-state index contributed by atoms with van der Waals surface area (Å²) in [5.74, 6) is 0.551. The summed E-state index contributed by atoms with van der Waals surface area (Å²) in [4.78, 5) is 10.7. The zero-order valence-electron chi connectivity index (χ0n) is 10.8. The third kappa shape index (κ3) is 3.12. The van der Waals surface area contributed by atoms with Crippen LogP contribution in [0.25, 0.3) is 0 Å². The maximum atomic E-state index is 11.2. The summed E-state index contributed by atoms with van der Waals surface area (Å²) in [7, 11) is 0. The van der Waals surface area contributed by atoms with Crippen LogP contribution in [0.4, 0.5) is 5.69 Å². The highest BCUT2D eigenvalue weighted by Gasteiger charge is 2.30. The van der Waals surface area contributed by atoms with Crippen LogP contribution in [0.3, 0.4) is 0 Å². The molecule has 0 bridgehead atoms. The lowest BCUT2D eigenvalue weighted by molar-refractivity contribution is -0.387. The lowest BCUT2D eigenvalue weighted by atomic mass is 10.2. The molecule has 18 heavy (non-hydrogen) atoms. The molecule has 0 radical (unpaired) electrons. The van der Waals surface area contributed by atoms with Crippen molar-refractivity contribution in [1.82, 2.24) is 0 Å². The fraction of sp³-hybridized carbons (Fsp3) is 0.538. The van der Waals surface area contributed by atoms with E-state index in [1.165, 1.54) is 0 Å². The Labute approximate surface area is 106 Å². The Bertz CT molecular complexity index is 461. The summed E-state index contributed by atoms with van der Waals surface area (Å²) in [5.41, 5.74) is -0.567. The molecule has 0 aromatic heterocycles. The summed E-state index contributed by atoms with van der Waals surface area (Å²) in [6.07, 6.45) is 2.04. The zero-order valence-corrected chi connectivity index (χ0v) is 10.8. The van der Waals surface area contributed by atoms with Gasteiger partial charge in [-0.2, -0.15) is 0 Å². The molecule has 1 aromatic rings. The van der Waals surface area contributed by atoms with Crippen molar-refractivity contribution in [1.29, 1.82) is 0 Å². The molecule has 1 fully saturated rings. The molecular weight excluding hydrogens is 234 g/mol. The second-order valence-corrected chi connectivity index (χ2v) is 5.39. The molecule has 2 rings (SSSR count). The van der Waals surface area contributed by atoms with Crippen LogP contribution in [0.1, 0.15) is 33.6 Å². The first-order valence-electron chi connectivity index (χ1n) is 6.00. The number of nitrogens with zero attached hydrogens (tertiary/aromatic N) is 1. The van der Waals surface area contributed by atoms with Crippen LogP contribution in [-0.2, 0) is 0 Å². The smallest absolute Gasteiger partial charge is 0.352 e. The van der Waals surface area contributed by atoms with E-state index in [0.29, 0.717) is 5.75 Å². The van der Waals surface area contributed by atoms with Crippen LogP contribution < -0.4 is 9.47 Å². The Kier molecular flexibility index (Phi) is 3.15. The summed E-state index contributed by atoms with van der Waals surface area (Å²) in [5, 5.41) is 11.2. The van der Waals surface area contributed by atoms with E-state index in [0.717, 1.165) is 12.8 Å². The molecule has 1 aromatic carbocycles. The molecular formula is C13H17NO4. The predicted octanol–water partition coefficient (Wildman–Crippen LogP) is 3.31. The molecule has 0 N–H and O–H groups in total. The summed E-state index contributed by atoms with van der Waals surface area (Å²) in [6.45, 7) is 5.56. The van der Waals surface area contributed by atoms with Gasteiger partial charge in [-0.15, -0.1) is 0 Å². The molecule has 1 saturated carbocycles. The van der Waals surface area contributed by atoms with Crippen molar-refractivity contribution >= 4 is 5.69 Å². The van der Waals surface area contributed by atoms with E-state index in [9.17, 15) is 10.1 Å². The summed E-state index contributed by atoms with van der Waals surface area (Å²) >= 11 is 0. The van der Waals surface area contributed by atoms with E-state index in [1.807, 2.05) is 20.8 Å². The van der Waals surface area contributed by atoms with Gasteiger partial charge in [0.15, 0.2) is 0 Å². The lowest BCUT2D eigenvalue weighted by Gasteiger charge is -2.21. The Morgan fingerprint density at radius 3 is 2.39 bits per heavy atom. The van der Waals surface area contributed by atoms with Crippen LogP contribution in [0.15, 0.2) is 18.2 Å². The molecule has 0 amide bonds. The molecule has 1 aliphatic rings. The molecule has 5 nitrogen and oxygen atoms in total. The molecule has 5 heteroatoms. The second-order valence-electron chi connectivity index (χ2n) is 5.39. The van der Waals surface area contributed by atoms with E-state index >= 15 is 0 Å². The molecule has 1 aliphatic carbocycles. The molecule has 0 atom stereocenters. The first kappa shape index (κ1) is 12.7. The third-order valence-corrected chi connectivity index (χ3v) is 2.38. The second kappa shape index (κ2) is 4.48. The van der Waals surface area contributed by atoms with Gasteiger partial charge in [-0.3, -0.25) is 10.1 Å². The molecule has 0 unspecified atom stereocenters. The van der Waals surface area contributed by atoms with E-state index in [1.54, 1.807) is 18.2 Å². The highest BCUT2D eigenvalue weighted by atomic mass is 16.6. The first-order chi connectivity index (χ1) is 8.37. The molecule has 0 heterocycles. The Hall–Kier alpha value is -1.78. The van der Waals surface area contributed by atoms with Gasteiger partial charge in [0.1, 0.15) is 5.60 Å². The highest BCUT2D eigenvalue weighted by Crippen LogP contribution is 2.40. The van der Waals surface area contributed by atoms with Crippen molar-refractivity contribution < 1.29 is 14.4 Å². The number of nitro groups is 1. The fourth-order valence-corrected chi connectivity index (χ4v) is 1.55. The fourth-order valence-electron chi connectivity index (χ4n) is 1.55. The lowest BCUT2D eigenvalue weighted by Crippen LogP contribution is -2.23. The normalized spacial score (nSPS) is 15.3. The monoisotopic (exact) mass is 251 g/mol. The topological polar surface area (TPSA) is 61.6 Å². The Morgan fingerprint density at radius 1 is 1.28 bits per heavy atom. The van der Waals surface area contributed by atoms with Gasteiger partial charge in [-0.05, 0) is 45.7 Å². The van der Waals surface area contributed by atoms with E-state index < -0.39 is 10.5 Å². The standard InChI is InChI=1S/C13H17NO4/c1-13(2,3)18-11-6-4-5-10(12(11)14(15)16)17-9-7-8-9/h4-6,9H,7-8H2,1-3H3. The van der Waals surface area contributed by atoms with Crippen molar-refractivity contribution in [3.63, 3.8) is 0 Å². The van der Waals surface area contributed by atoms with Crippen LogP contribution in [0.2, 0.25) is 0 Å². The molecule has 0 spiro atoms. The average molecular weight is 251 g/mol. The third-order valence-electron chi connectivity index (χ3n) is 2.38. The van der Waals surface area contributed by atoms with Crippen LogP contribution >= 0.6 is 0 Å². The number of hydrogen-bond acceptors (Lipinski definition) is 4. The molecule has 0 aliphatic heterocycles. The van der Waals surface area contributed by atoms with E-state index in [2.05, 4.69) is 0 Å². The minimum absolute atomic E-state index is 0.0840. The Morgan fingerprint density at radius 2 is 1.89 bits per heavy atom. The molecule has 0 saturated heterocycles. The van der Waals surface area contributed by atoms with Gasteiger partial charge < -0.3 is 9.47 Å². The summed E-state index contributed by atoms with van der Waals surface area (Å²) < 4.78 is 11.2. The van der Waals surface area contributed by atoms with Gasteiger partial charge in [0.05, 0.1) is 11.0 Å². The van der Waals surface area contributed by atoms with Crippen molar-refractivity contribution in [2.45, 2.75) is 45.3 Å². The van der Waals surface area contributed by atoms with Crippen LogP contribution in [0.5, 0.6) is 11.5 Å². The van der Waals surface area contributed by atoms with Gasteiger partial charge in [0.25, 0.3) is 0 Å². The SMILES string of the molecule is CC(C)(C)Oc1cccc(OC2CC2)c1[N+](=O)[O-]. The van der Waals surface area contributed by atoms with Crippen molar-refractivity contribution in [3.05, 3.63) is 28.3 Å². The maximum absolute atomic E-state index is 11.2. The number of benzene rings is 1. The highest BCUT2D eigenvalue weighted by molar-refractivity contribution is 5.57. The first-order valence-corrected chi connectivity index (χ1v) is 6.00. The number of hydrogen-bond donors (Lipinski definition) is 0. The summed E-state index contributed by atoms with van der Waals surface area (Å²) in [6, 6.07) is 4.93. The van der Waals surface area contributed by atoms with Gasteiger partial charge in [-0.25, -0.2) is 0 Å². The number of rotatable bonds is 4. The van der Waals surface area contributed by atoms with Gasteiger partial charge in [0.2, 0.25) is 11.5 Å². The molecule has 98 valence electrons. The van der Waals surface area contributed by atoms with Crippen molar-refractivity contribution in [2.75, 3.05) is 0 Å². The van der Waals surface area contributed by atoms with E-state index in [-0.39, 0.29) is 17.5 Å². The minimum atomic E-state index is -0.483. The van der Waals surface area contributed by atoms with Crippen molar-refractivity contribution in [3.8, 4) is 11.5 Å². The quantitative estimate of drug-likeness (QED) is 0.608. The van der Waals surface area contributed by atoms with Crippen LogP contribution in [0, 0.1) is 10.1 Å². The van der Waals surface area contributed by atoms with Crippen molar-refractivity contribution in [2.24, 2.45) is 0 Å². The van der Waals surface area contributed by atoms with Gasteiger partial charge in [-0.1, -0.05) is 6.07 Å². The van der Waals surface area contributed by atoms with E-state index in [4.69, 9.17) is 9.47 Å². The maximum Gasteiger partial charge on any atom is 0.352 e. The largest absolute Gasteiger partial charge is 0.483 e. The van der Waals surface area contributed by atoms with Gasteiger partial charge >= 0.3 is 5.69 Å². The average Bonchev–Trinajstić information content (AvgIpc) is 2.98. The van der Waals surface area contributed by atoms with Gasteiger partial charge in [0, 0.05) is 0 Å². The Balaban J connectivity index is 2.35.